The zero-order valence-electron chi connectivity index (χ0n) is 12.6. The highest BCUT2D eigenvalue weighted by Gasteiger charge is 2.13. The average Bonchev–Trinajstić information content (AvgIpc) is 3.14. The van der Waals surface area contributed by atoms with Gasteiger partial charge in [0.2, 0.25) is 5.88 Å². The van der Waals surface area contributed by atoms with Crippen molar-refractivity contribution >= 4 is 0 Å². The molecule has 0 unspecified atom stereocenters. The molecule has 3 rings (SSSR count). The number of benzene rings is 1. The largest absolute Gasteiger partial charge is 0.472 e. The lowest BCUT2D eigenvalue weighted by Crippen LogP contribution is -2.18. The molecule has 0 radical (unpaired) electrons. The molecule has 8 heteroatoms. The maximum Gasteiger partial charge on any atom is 0.365 e. The van der Waals surface area contributed by atoms with E-state index in [1.54, 1.807) is 36.0 Å². The highest BCUT2D eigenvalue weighted by atomic mass is 16.5. The van der Waals surface area contributed by atoms with E-state index in [0.717, 1.165) is 11.1 Å². The molecule has 1 aromatic carbocycles. The number of aryl methyl sites for hydroxylation is 1. The second-order valence-corrected chi connectivity index (χ2v) is 4.71. The number of tetrazole rings is 1. The molecule has 0 amide bonds. The van der Waals surface area contributed by atoms with Crippen LogP contribution in [0.2, 0.25) is 0 Å². The quantitative estimate of drug-likeness (QED) is 0.714. The van der Waals surface area contributed by atoms with Crippen LogP contribution in [0.4, 0.5) is 0 Å². The Labute approximate surface area is 131 Å². The minimum Gasteiger partial charge on any atom is -0.472 e. The minimum atomic E-state index is -0.425. The molecule has 8 nitrogen and oxygen atoms in total. The van der Waals surface area contributed by atoms with Crippen molar-refractivity contribution in [2.75, 3.05) is 0 Å². The van der Waals surface area contributed by atoms with Crippen LogP contribution in [0.1, 0.15) is 18.1 Å². The van der Waals surface area contributed by atoms with Crippen molar-refractivity contribution in [3.05, 3.63) is 52.1 Å². The topological polar surface area (TPSA) is 90.6 Å². The van der Waals surface area contributed by atoms with Crippen LogP contribution in [0.25, 0.3) is 5.69 Å². The van der Waals surface area contributed by atoms with E-state index in [4.69, 9.17) is 4.74 Å². The number of rotatable bonds is 4. The smallest absolute Gasteiger partial charge is 0.365 e. The summed E-state index contributed by atoms with van der Waals surface area (Å²) in [5.41, 5.74) is 1.64. The van der Waals surface area contributed by atoms with E-state index < -0.39 is 5.69 Å². The van der Waals surface area contributed by atoms with E-state index in [-0.39, 0.29) is 6.61 Å². The molecule has 1 N–H and O–H groups in total. The van der Waals surface area contributed by atoms with E-state index in [1.807, 2.05) is 13.1 Å². The van der Waals surface area contributed by atoms with Gasteiger partial charge in [0.05, 0.1) is 5.69 Å². The third-order valence-corrected chi connectivity index (χ3v) is 3.16. The lowest BCUT2D eigenvalue weighted by Gasteiger charge is -2.11. The van der Waals surface area contributed by atoms with Crippen LogP contribution in [0.15, 0.2) is 35.3 Å². The van der Waals surface area contributed by atoms with Gasteiger partial charge in [0.25, 0.3) is 0 Å². The average molecular weight is 310 g/mol. The predicted molar refractivity (Wildman–Crippen MR) is 82.1 cm³/mol. The van der Waals surface area contributed by atoms with Crippen molar-refractivity contribution in [2.45, 2.75) is 13.5 Å². The summed E-state index contributed by atoms with van der Waals surface area (Å²) in [6.07, 6.45) is 1.79. The van der Waals surface area contributed by atoms with Gasteiger partial charge in [0.1, 0.15) is 6.61 Å². The van der Waals surface area contributed by atoms with Gasteiger partial charge in [-0.3, -0.25) is 4.68 Å². The predicted octanol–water partition coefficient (Wildman–Crippen LogP) is 0.639. The SMILES string of the molecule is CC#Cc1cccc(-n2nn[nH]c2=O)c1COc1ccn(C)n1. The molecule has 23 heavy (non-hydrogen) atoms. The van der Waals surface area contributed by atoms with Crippen molar-refractivity contribution in [1.82, 2.24) is 30.0 Å². The van der Waals surface area contributed by atoms with Crippen LogP contribution in [0.5, 0.6) is 5.88 Å². The molecule has 3 aromatic rings. The summed E-state index contributed by atoms with van der Waals surface area (Å²) in [4.78, 5) is 11.8. The molecule has 0 bridgehead atoms. The minimum absolute atomic E-state index is 0.205. The lowest BCUT2D eigenvalue weighted by molar-refractivity contribution is 0.290. The molecule has 0 saturated heterocycles. The summed E-state index contributed by atoms with van der Waals surface area (Å²) in [6, 6.07) is 7.20. The van der Waals surface area contributed by atoms with Crippen LogP contribution in [0.3, 0.4) is 0 Å². The van der Waals surface area contributed by atoms with Crippen molar-refractivity contribution in [3.8, 4) is 23.4 Å². The van der Waals surface area contributed by atoms with Gasteiger partial charge < -0.3 is 4.74 Å². The van der Waals surface area contributed by atoms with Crippen LogP contribution < -0.4 is 10.4 Å². The number of hydrogen-bond donors (Lipinski definition) is 1. The molecule has 0 aliphatic carbocycles. The van der Waals surface area contributed by atoms with E-state index in [2.05, 4.69) is 32.5 Å². The summed E-state index contributed by atoms with van der Waals surface area (Å²) >= 11 is 0. The molecule has 116 valence electrons. The third-order valence-electron chi connectivity index (χ3n) is 3.16. The van der Waals surface area contributed by atoms with Gasteiger partial charge in [-0.2, -0.15) is 4.68 Å². The first-order valence-corrected chi connectivity index (χ1v) is 6.87. The first-order chi connectivity index (χ1) is 11.2. The molecule has 0 spiro atoms. The second kappa shape index (κ2) is 6.19. The first-order valence-electron chi connectivity index (χ1n) is 6.87. The monoisotopic (exact) mass is 310 g/mol. The zero-order chi connectivity index (χ0) is 16.2. The Morgan fingerprint density at radius 1 is 1.35 bits per heavy atom. The standard InChI is InChI=1S/C15H14N6O2/c1-3-5-11-6-4-7-13(21-15(22)16-18-19-21)12(11)10-23-14-8-9-20(2)17-14/h4,6-9H,10H2,1-2H3,(H,16,19,22). The van der Waals surface area contributed by atoms with Crippen LogP contribution in [-0.2, 0) is 13.7 Å². The van der Waals surface area contributed by atoms with Gasteiger partial charge in [0, 0.05) is 30.4 Å². The second-order valence-electron chi connectivity index (χ2n) is 4.71. The maximum absolute atomic E-state index is 11.8. The zero-order valence-corrected chi connectivity index (χ0v) is 12.6. The highest BCUT2D eigenvalue weighted by Crippen LogP contribution is 2.19. The summed E-state index contributed by atoms with van der Waals surface area (Å²) in [5.74, 6) is 6.36. The number of nitrogens with one attached hydrogen (secondary N) is 1. The Hall–Kier alpha value is -3.34. The van der Waals surface area contributed by atoms with Crippen molar-refractivity contribution in [3.63, 3.8) is 0 Å². The lowest BCUT2D eigenvalue weighted by atomic mass is 10.1. The molecule has 0 atom stereocenters. The number of aromatic nitrogens is 6. The maximum atomic E-state index is 11.8. The molecule has 2 heterocycles. The molecule has 0 saturated carbocycles. The Balaban J connectivity index is 2.02. The molecule has 0 fully saturated rings. The first kappa shape index (κ1) is 14.6. The van der Waals surface area contributed by atoms with E-state index in [9.17, 15) is 4.79 Å². The summed E-state index contributed by atoms with van der Waals surface area (Å²) in [6.45, 7) is 1.95. The summed E-state index contributed by atoms with van der Waals surface area (Å²) in [7, 11) is 1.81. The number of aromatic amines is 1. The van der Waals surface area contributed by atoms with E-state index in [1.165, 1.54) is 4.68 Å². The number of hydrogen-bond acceptors (Lipinski definition) is 5. The molecule has 0 aliphatic rings. The Morgan fingerprint density at radius 2 is 2.22 bits per heavy atom. The number of H-pyrrole nitrogens is 1. The van der Waals surface area contributed by atoms with Gasteiger partial charge in [-0.05, 0) is 29.5 Å². The van der Waals surface area contributed by atoms with Crippen LogP contribution >= 0.6 is 0 Å². The van der Waals surface area contributed by atoms with Crippen molar-refractivity contribution < 1.29 is 4.74 Å². The fraction of sp³-hybridized carbons (Fsp3) is 0.200. The fourth-order valence-electron chi connectivity index (χ4n) is 2.15. The normalized spacial score (nSPS) is 10.2. The van der Waals surface area contributed by atoms with Crippen molar-refractivity contribution in [2.24, 2.45) is 7.05 Å². The Kier molecular flexibility index (Phi) is 3.93. The van der Waals surface area contributed by atoms with E-state index >= 15 is 0 Å². The molecular weight excluding hydrogens is 296 g/mol. The number of nitrogens with zero attached hydrogens (tertiary/aromatic N) is 5. The van der Waals surface area contributed by atoms with Gasteiger partial charge in [-0.1, -0.05) is 12.0 Å². The van der Waals surface area contributed by atoms with E-state index in [0.29, 0.717) is 11.6 Å². The van der Waals surface area contributed by atoms with Gasteiger partial charge in [0.15, 0.2) is 0 Å². The van der Waals surface area contributed by atoms with Crippen molar-refractivity contribution in [1.29, 1.82) is 0 Å². The highest BCUT2D eigenvalue weighted by molar-refractivity contribution is 5.51. The van der Waals surface area contributed by atoms with Gasteiger partial charge in [-0.15, -0.1) is 11.0 Å². The molecule has 0 aliphatic heterocycles. The fourth-order valence-corrected chi connectivity index (χ4v) is 2.15. The van der Waals surface area contributed by atoms with Gasteiger partial charge >= 0.3 is 5.69 Å². The molecule has 2 aromatic heterocycles. The third kappa shape index (κ3) is 2.98. The Bertz CT molecular complexity index is 941. The molecular formula is C15H14N6O2. The van der Waals surface area contributed by atoms with Gasteiger partial charge in [-0.25, -0.2) is 9.89 Å². The summed E-state index contributed by atoms with van der Waals surface area (Å²) < 4.78 is 8.53. The number of ether oxygens (including phenoxy) is 1. The summed E-state index contributed by atoms with van der Waals surface area (Å²) in [5, 5.41) is 13.7. The Morgan fingerprint density at radius 3 is 2.87 bits per heavy atom. The van der Waals surface area contributed by atoms with Crippen LogP contribution in [0, 0.1) is 11.8 Å². The van der Waals surface area contributed by atoms with Crippen LogP contribution in [-0.4, -0.2) is 30.0 Å².